The predicted molar refractivity (Wildman–Crippen MR) is 110 cm³/mol. The zero-order chi connectivity index (χ0) is 22.3. The summed E-state index contributed by atoms with van der Waals surface area (Å²) in [6.07, 6.45) is 3.18. The minimum atomic E-state index is -0.877. The lowest BCUT2D eigenvalue weighted by Gasteiger charge is -2.35. The van der Waals surface area contributed by atoms with Gasteiger partial charge in [-0.25, -0.2) is 9.59 Å². The van der Waals surface area contributed by atoms with Gasteiger partial charge in [-0.3, -0.25) is 14.5 Å². The summed E-state index contributed by atoms with van der Waals surface area (Å²) in [7, 11) is 1.70. The first kappa shape index (κ1) is 22.4. The lowest BCUT2D eigenvalue weighted by atomic mass is 9.96. The Balaban J connectivity index is 1.54. The molecule has 0 spiro atoms. The van der Waals surface area contributed by atoms with E-state index in [1.807, 2.05) is 20.8 Å². The number of urea groups is 1. The third-order valence-electron chi connectivity index (χ3n) is 6.10. The van der Waals surface area contributed by atoms with Gasteiger partial charge in [-0.2, -0.15) is 0 Å². The second kappa shape index (κ2) is 8.07. The van der Waals surface area contributed by atoms with Gasteiger partial charge in [-0.1, -0.05) is 0 Å². The molecule has 0 radical (unpaired) electrons. The number of hydrogen-bond acceptors (Lipinski definition) is 5. The van der Waals surface area contributed by atoms with Crippen molar-refractivity contribution in [3.05, 3.63) is 0 Å². The summed E-state index contributed by atoms with van der Waals surface area (Å²) in [4.78, 5) is 54.4. The number of carbonyl (C=O) groups excluding carboxylic acids is 4. The number of piperidine rings is 1. The molecule has 2 unspecified atom stereocenters. The molecule has 0 aromatic heterocycles. The van der Waals surface area contributed by atoms with Crippen molar-refractivity contribution in [2.45, 2.75) is 64.5 Å². The normalized spacial score (nSPS) is 27.2. The number of carbonyl (C=O) groups is 4. The van der Waals surface area contributed by atoms with Crippen molar-refractivity contribution in [2.24, 2.45) is 11.8 Å². The Morgan fingerprint density at radius 2 is 1.90 bits per heavy atom. The molecule has 3 fully saturated rings. The zero-order valence-electron chi connectivity index (χ0n) is 18.7. The van der Waals surface area contributed by atoms with E-state index in [9.17, 15) is 19.2 Å². The molecule has 0 aromatic rings. The monoisotopic (exact) mass is 422 g/mol. The Hall–Kier alpha value is -2.32. The molecule has 30 heavy (non-hydrogen) atoms. The zero-order valence-corrected chi connectivity index (χ0v) is 18.7. The molecule has 1 aliphatic carbocycles. The van der Waals surface area contributed by atoms with E-state index in [-0.39, 0.29) is 36.3 Å². The highest BCUT2D eigenvalue weighted by atomic mass is 16.6. The van der Waals surface area contributed by atoms with Gasteiger partial charge in [-0.15, -0.1) is 0 Å². The molecule has 2 saturated heterocycles. The average molecular weight is 423 g/mol. The van der Waals surface area contributed by atoms with Gasteiger partial charge >= 0.3 is 12.1 Å². The summed E-state index contributed by atoms with van der Waals surface area (Å²) in [5, 5.41) is 2.77. The lowest BCUT2D eigenvalue weighted by molar-refractivity contribution is -0.140. The van der Waals surface area contributed by atoms with Gasteiger partial charge in [0.15, 0.2) is 0 Å². The van der Waals surface area contributed by atoms with Crippen molar-refractivity contribution in [3.63, 3.8) is 0 Å². The van der Waals surface area contributed by atoms with E-state index < -0.39 is 17.2 Å². The van der Waals surface area contributed by atoms with Crippen LogP contribution in [0.15, 0.2) is 0 Å². The van der Waals surface area contributed by atoms with Crippen molar-refractivity contribution < 1.29 is 23.9 Å². The third-order valence-corrected chi connectivity index (χ3v) is 6.10. The molecule has 3 rings (SSSR count). The number of ether oxygens (including phenoxy) is 1. The Bertz CT molecular complexity index is 729. The second-order valence-electron chi connectivity index (χ2n) is 10.0. The number of imide groups is 1. The molecule has 9 nitrogen and oxygen atoms in total. The summed E-state index contributed by atoms with van der Waals surface area (Å²) < 4.78 is 5.39. The van der Waals surface area contributed by atoms with Gasteiger partial charge in [0, 0.05) is 26.7 Å². The van der Waals surface area contributed by atoms with E-state index in [4.69, 9.17) is 4.74 Å². The number of amides is 5. The maximum atomic E-state index is 12.8. The molecule has 5 amide bonds. The molecule has 168 valence electrons. The molecule has 2 atom stereocenters. The highest BCUT2D eigenvalue weighted by Crippen LogP contribution is 2.42. The minimum absolute atomic E-state index is 0.125. The first-order valence-corrected chi connectivity index (χ1v) is 10.8. The number of nitrogens with zero attached hydrogens (tertiary/aromatic N) is 3. The van der Waals surface area contributed by atoms with Gasteiger partial charge in [0.2, 0.25) is 5.91 Å². The highest BCUT2D eigenvalue weighted by Gasteiger charge is 2.56. The number of likely N-dealkylation sites (tertiary alicyclic amines) is 1. The van der Waals surface area contributed by atoms with Gasteiger partial charge < -0.3 is 19.9 Å². The van der Waals surface area contributed by atoms with Crippen LogP contribution in [0.5, 0.6) is 0 Å². The molecule has 9 heteroatoms. The summed E-state index contributed by atoms with van der Waals surface area (Å²) in [6.45, 7) is 8.56. The molecular formula is C21H34N4O5. The predicted octanol–water partition coefficient (Wildman–Crippen LogP) is 1.81. The molecule has 2 aliphatic heterocycles. The Labute approximate surface area is 178 Å². The Morgan fingerprint density at radius 3 is 2.50 bits per heavy atom. The molecule has 3 aliphatic rings. The quantitative estimate of drug-likeness (QED) is 0.681. The second-order valence-corrected chi connectivity index (χ2v) is 10.0. The van der Waals surface area contributed by atoms with Crippen molar-refractivity contribution in [1.29, 1.82) is 0 Å². The van der Waals surface area contributed by atoms with Gasteiger partial charge in [0.25, 0.3) is 5.91 Å². The van der Waals surface area contributed by atoms with Crippen LogP contribution in [0.2, 0.25) is 0 Å². The third kappa shape index (κ3) is 4.87. The summed E-state index contributed by atoms with van der Waals surface area (Å²) in [5.74, 6) is -0.249. The molecule has 2 heterocycles. The van der Waals surface area contributed by atoms with E-state index in [2.05, 4.69) is 5.32 Å². The molecule has 0 bridgehead atoms. The number of rotatable bonds is 5. The van der Waals surface area contributed by atoms with E-state index in [1.54, 1.807) is 23.8 Å². The highest BCUT2D eigenvalue weighted by molar-refractivity contribution is 6.09. The number of nitrogens with one attached hydrogen (secondary N) is 1. The van der Waals surface area contributed by atoms with Crippen molar-refractivity contribution in [1.82, 2.24) is 20.0 Å². The maximum absolute atomic E-state index is 12.8. The fraction of sp³-hybridized carbons (Fsp3) is 0.810. The smallest absolute Gasteiger partial charge is 0.410 e. The first-order chi connectivity index (χ1) is 13.9. The van der Waals surface area contributed by atoms with Gasteiger partial charge in [0.05, 0.1) is 0 Å². The van der Waals surface area contributed by atoms with E-state index >= 15 is 0 Å². The fourth-order valence-corrected chi connectivity index (χ4v) is 4.27. The Kier molecular flexibility index (Phi) is 6.02. The van der Waals surface area contributed by atoms with Crippen LogP contribution in [0.25, 0.3) is 0 Å². The standard InChI is InChI=1S/C21H34N4O5/c1-20(2,3)30-19(29)23(5)11-14-7-6-10-24(12-14)16(26)13-25-17(27)21(4,15-8-9-15)22-18(25)28/h14-15H,6-13H2,1-5H3,(H,22,28). The van der Waals surface area contributed by atoms with Crippen LogP contribution in [0.4, 0.5) is 9.59 Å². The van der Waals surface area contributed by atoms with Crippen LogP contribution in [-0.2, 0) is 14.3 Å². The van der Waals surface area contributed by atoms with Crippen LogP contribution in [0, 0.1) is 11.8 Å². The van der Waals surface area contributed by atoms with Crippen LogP contribution in [-0.4, -0.2) is 83.0 Å². The SMILES string of the molecule is CN(CC1CCCN(C(=O)CN2C(=O)NC(C)(C3CC3)C2=O)C1)C(=O)OC(C)(C)C. The minimum Gasteiger partial charge on any atom is -0.444 e. The number of hydrogen-bond donors (Lipinski definition) is 1. The van der Waals surface area contributed by atoms with Crippen LogP contribution in [0.3, 0.4) is 0 Å². The summed E-state index contributed by atoms with van der Waals surface area (Å²) >= 11 is 0. The fourth-order valence-electron chi connectivity index (χ4n) is 4.27. The van der Waals surface area contributed by atoms with Crippen LogP contribution in [0.1, 0.15) is 53.4 Å². The van der Waals surface area contributed by atoms with Crippen molar-refractivity contribution in [2.75, 3.05) is 33.2 Å². The van der Waals surface area contributed by atoms with Crippen LogP contribution >= 0.6 is 0 Å². The van der Waals surface area contributed by atoms with E-state index in [1.165, 1.54) is 0 Å². The molecule has 1 saturated carbocycles. The topological polar surface area (TPSA) is 99.3 Å². The summed E-state index contributed by atoms with van der Waals surface area (Å²) in [5.41, 5.74) is -1.43. The maximum Gasteiger partial charge on any atom is 0.410 e. The van der Waals surface area contributed by atoms with E-state index in [0.717, 1.165) is 30.6 Å². The first-order valence-electron chi connectivity index (χ1n) is 10.8. The van der Waals surface area contributed by atoms with E-state index in [0.29, 0.717) is 19.6 Å². The largest absolute Gasteiger partial charge is 0.444 e. The molecule has 0 aromatic carbocycles. The van der Waals surface area contributed by atoms with Crippen molar-refractivity contribution >= 4 is 23.9 Å². The van der Waals surface area contributed by atoms with Gasteiger partial charge in [-0.05, 0) is 65.2 Å². The summed E-state index contributed by atoms with van der Waals surface area (Å²) in [6, 6.07) is -0.485. The average Bonchev–Trinajstić information content (AvgIpc) is 3.46. The molecule has 1 N–H and O–H groups in total. The van der Waals surface area contributed by atoms with Gasteiger partial charge in [0.1, 0.15) is 17.7 Å². The molecular weight excluding hydrogens is 388 g/mol. The van der Waals surface area contributed by atoms with Crippen molar-refractivity contribution in [3.8, 4) is 0 Å². The van der Waals surface area contributed by atoms with Crippen LogP contribution < -0.4 is 5.32 Å². The lowest BCUT2D eigenvalue weighted by Crippen LogP contribution is -2.49. The Morgan fingerprint density at radius 1 is 1.23 bits per heavy atom.